The Balaban J connectivity index is 1.98. The van der Waals surface area contributed by atoms with E-state index in [0.29, 0.717) is 17.4 Å². The predicted octanol–water partition coefficient (Wildman–Crippen LogP) is 1.76. The monoisotopic (exact) mass is 284 g/mol. The molecule has 0 aliphatic carbocycles. The van der Waals surface area contributed by atoms with Crippen LogP contribution < -0.4 is 5.32 Å². The van der Waals surface area contributed by atoms with Gasteiger partial charge in [-0.3, -0.25) is 9.59 Å². The second kappa shape index (κ2) is 6.02. The van der Waals surface area contributed by atoms with Crippen LogP contribution in [-0.4, -0.2) is 36.3 Å². The summed E-state index contributed by atoms with van der Waals surface area (Å²) >= 11 is 7.21. The molecule has 1 saturated heterocycles. The van der Waals surface area contributed by atoms with Crippen LogP contribution in [0.2, 0.25) is 4.34 Å². The van der Waals surface area contributed by atoms with Crippen molar-refractivity contribution in [3.63, 3.8) is 0 Å². The van der Waals surface area contributed by atoms with E-state index in [0.717, 1.165) is 11.3 Å². The highest BCUT2D eigenvalue weighted by atomic mass is 35.5. The first kappa shape index (κ1) is 13.1. The molecule has 0 atom stereocenters. The summed E-state index contributed by atoms with van der Waals surface area (Å²) in [5.74, 6) is -0.245. The van der Waals surface area contributed by atoms with Crippen molar-refractivity contribution in [1.82, 2.24) is 10.2 Å². The van der Waals surface area contributed by atoms with Gasteiger partial charge >= 0.3 is 0 Å². The lowest BCUT2D eigenvalue weighted by molar-refractivity contribution is -0.131. The third-order valence-corrected chi connectivity index (χ3v) is 3.75. The van der Waals surface area contributed by atoms with Crippen molar-refractivity contribution in [3.05, 3.63) is 27.4 Å². The first-order valence-corrected chi connectivity index (χ1v) is 6.83. The summed E-state index contributed by atoms with van der Waals surface area (Å²) in [5, 5.41) is 2.73. The summed E-state index contributed by atoms with van der Waals surface area (Å²) in [4.78, 5) is 25.7. The van der Waals surface area contributed by atoms with E-state index in [1.54, 1.807) is 17.0 Å². The molecule has 0 unspecified atom stereocenters. The van der Waals surface area contributed by atoms with Gasteiger partial charge in [0.05, 0.1) is 10.9 Å². The average molecular weight is 285 g/mol. The van der Waals surface area contributed by atoms with E-state index in [9.17, 15) is 9.59 Å². The van der Waals surface area contributed by atoms with Crippen molar-refractivity contribution in [1.29, 1.82) is 0 Å². The van der Waals surface area contributed by atoms with Crippen LogP contribution in [0.3, 0.4) is 0 Å². The molecule has 1 aromatic heterocycles. The SMILES string of the molecule is O=C1CN(C(=O)C=Cc2ccc(Cl)s2)CCCN1. The summed E-state index contributed by atoms with van der Waals surface area (Å²) in [5.41, 5.74) is 0. The molecule has 1 aromatic rings. The number of thiophene rings is 1. The first-order chi connectivity index (χ1) is 8.65. The van der Waals surface area contributed by atoms with Crippen LogP contribution in [0.5, 0.6) is 0 Å². The zero-order chi connectivity index (χ0) is 13.0. The lowest BCUT2D eigenvalue weighted by Crippen LogP contribution is -2.36. The highest BCUT2D eigenvalue weighted by molar-refractivity contribution is 7.17. The number of rotatable bonds is 2. The lowest BCUT2D eigenvalue weighted by Gasteiger charge is -2.16. The van der Waals surface area contributed by atoms with Crippen LogP contribution in [0.25, 0.3) is 6.08 Å². The Morgan fingerprint density at radius 2 is 2.33 bits per heavy atom. The van der Waals surface area contributed by atoms with Crippen molar-refractivity contribution in [2.45, 2.75) is 6.42 Å². The first-order valence-electron chi connectivity index (χ1n) is 5.64. The number of hydrogen-bond acceptors (Lipinski definition) is 3. The van der Waals surface area contributed by atoms with Crippen LogP contribution in [-0.2, 0) is 9.59 Å². The molecule has 1 aliphatic heterocycles. The quantitative estimate of drug-likeness (QED) is 0.842. The fourth-order valence-corrected chi connectivity index (χ4v) is 2.63. The number of nitrogens with zero attached hydrogens (tertiary/aromatic N) is 1. The zero-order valence-electron chi connectivity index (χ0n) is 9.69. The van der Waals surface area contributed by atoms with Crippen LogP contribution in [0, 0.1) is 0 Å². The van der Waals surface area contributed by atoms with E-state index in [4.69, 9.17) is 11.6 Å². The molecule has 4 nitrogen and oxygen atoms in total. The highest BCUT2D eigenvalue weighted by Crippen LogP contribution is 2.22. The second-order valence-corrected chi connectivity index (χ2v) is 5.69. The Kier molecular flexibility index (Phi) is 4.38. The van der Waals surface area contributed by atoms with Crippen molar-refractivity contribution in [2.24, 2.45) is 0 Å². The van der Waals surface area contributed by atoms with E-state index in [1.165, 1.54) is 17.4 Å². The molecule has 2 rings (SSSR count). The number of nitrogens with one attached hydrogen (secondary N) is 1. The second-order valence-electron chi connectivity index (χ2n) is 3.94. The topological polar surface area (TPSA) is 49.4 Å². The van der Waals surface area contributed by atoms with Gasteiger partial charge in [-0.05, 0) is 24.6 Å². The number of hydrogen-bond donors (Lipinski definition) is 1. The van der Waals surface area contributed by atoms with Gasteiger partial charge in [-0.15, -0.1) is 11.3 Å². The van der Waals surface area contributed by atoms with Crippen molar-refractivity contribution < 1.29 is 9.59 Å². The smallest absolute Gasteiger partial charge is 0.247 e. The summed E-state index contributed by atoms with van der Waals surface area (Å²) in [6, 6.07) is 3.64. The molecule has 18 heavy (non-hydrogen) atoms. The summed E-state index contributed by atoms with van der Waals surface area (Å²) < 4.78 is 0.691. The van der Waals surface area contributed by atoms with E-state index < -0.39 is 0 Å². The van der Waals surface area contributed by atoms with Crippen molar-refractivity contribution in [2.75, 3.05) is 19.6 Å². The molecule has 2 amide bonds. The number of carbonyl (C=O) groups excluding carboxylic acids is 2. The molecule has 1 fully saturated rings. The fourth-order valence-electron chi connectivity index (χ4n) is 1.67. The van der Waals surface area contributed by atoms with Gasteiger partial charge in [0.15, 0.2) is 0 Å². The molecule has 6 heteroatoms. The van der Waals surface area contributed by atoms with Crippen LogP contribution >= 0.6 is 22.9 Å². The van der Waals surface area contributed by atoms with Gasteiger partial charge < -0.3 is 10.2 Å². The Labute approximate surface area is 114 Å². The molecule has 1 aliphatic rings. The minimum absolute atomic E-state index is 0.103. The van der Waals surface area contributed by atoms with Gasteiger partial charge in [-0.2, -0.15) is 0 Å². The maximum absolute atomic E-state index is 11.9. The van der Waals surface area contributed by atoms with Gasteiger partial charge in [0, 0.05) is 24.0 Å². The molecular weight excluding hydrogens is 272 g/mol. The van der Waals surface area contributed by atoms with Gasteiger partial charge in [0.1, 0.15) is 0 Å². The summed E-state index contributed by atoms with van der Waals surface area (Å²) in [6.45, 7) is 1.37. The van der Waals surface area contributed by atoms with Crippen molar-refractivity contribution in [3.8, 4) is 0 Å². The van der Waals surface area contributed by atoms with Gasteiger partial charge in [0.25, 0.3) is 0 Å². The number of halogens is 1. The summed E-state index contributed by atoms with van der Waals surface area (Å²) in [7, 11) is 0. The Hall–Kier alpha value is -1.33. The maximum Gasteiger partial charge on any atom is 0.247 e. The van der Waals surface area contributed by atoms with Gasteiger partial charge in [-0.1, -0.05) is 11.6 Å². The standard InChI is InChI=1S/C12H13ClN2O2S/c13-10-4-2-9(18-10)3-5-12(17)15-7-1-6-14-11(16)8-15/h2-5H,1,6-8H2,(H,14,16). The fraction of sp³-hybridized carbons (Fsp3) is 0.333. The molecular formula is C12H13ClN2O2S. The number of amides is 2. The zero-order valence-corrected chi connectivity index (χ0v) is 11.3. The van der Waals surface area contributed by atoms with Crippen LogP contribution in [0.1, 0.15) is 11.3 Å². The average Bonchev–Trinajstić information content (AvgIpc) is 2.63. The van der Waals surface area contributed by atoms with Crippen molar-refractivity contribution >= 4 is 40.8 Å². The summed E-state index contributed by atoms with van der Waals surface area (Å²) in [6.07, 6.45) is 4.00. The van der Waals surface area contributed by atoms with Crippen LogP contribution in [0.4, 0.5) is 0 Å². The normalized spacial score (nSPS) is 16.7. The van der Waals surface area contributed by atoms with E-state index >= 15 is 0 Å². The molecule has 0 radical (unpaired) electrons. The van der Waals surface area contributed by atoms with E-state index in [1.807, 2.05) is 6.07 Å². The Bertz CT molecular complexity index is 484. The largest absolute Gasteiger partial charge is 0.354 e. The Morgan fingerprint density at radius 3 is 3.06 bits per heavy atom. The maximum atomic E-state index is 11.9. The minimum Gasteiger partial charge on any atom is -0.354 e. The van der Waals surface area contributed by atoms with Crippen LogP contribution in [0.15, 0.2) is 18.2 Å². The highest BCUT2D eigenvalue weighted by Gasteiger charge is 2.17. The molecule has 0 spiro atoms. The van der Waals surface area contributed by atoms with Gasteiger partial charge in [0.2, 0.25) is 11.8 Å². The molecule has 0 aromatic carbocycles. The van der Waals surface area contributed by atoms with E-state index in [-0.39, 0.29) is 18.4 Å². The predicted molar refractivity (Wildman–Crippen MR) is 72.6 cm³/mol. The third-order valence-electron chi connectivity index (χ3n) is 2.56. The third kappa shape index (κ3) is 3.58. The molecule has 0 bridgehead atoms. The molecule has 96 valence electrons. The number of carbonyl (C=O) groups is 2. The molecule has 0 saturated carbocycles. The minimum atomic E-state index is -0.142. The van der Waals surface area contributed by atoms with Gasteiger partial charge in [-0.25, -0.2) is 0 Å². The molecule has 2 heterocycles. The molecule has 1 N–H and O–H groups in total. The lowest BCUT2D eigenvalue weighted by atomic mass is 10.3. The van der Waals surface area contributed by atoms with E-state index in [2.05, 4.69) is 5.32 Å². The Morgan fingerprint density at radius 1 is 1.50 bits per heavy atom.